The van der Waals surface area contributed by atoms with Crippen LogP contribution in [0.1, 0.15) is 48.3 Å². The van der Waals surface area contributed by atoms with Crippen molar-refractivity contribution >= 4 is 11.9 Å². The van der Waals surface area contributed by atoms with Crippen LogP contribution in [0.5, 0.6) is 0 Å². The first-order chi connectivity index (χ1) is 15.0. The number of hydrogen-bond acceptors (Lipinski definition) is 4. The molecule has 2 aliphatic rings. The van der Waals surface area contributed by atoms with Crippen LogP contribution in [0, 0.1) is 0 Å². The third kappa shape index (κ3) is 3.40. The minimum Gasteiger partial charge on any atom is -0.369 e. The molecule has 1 amide bonds. The molecule has 2 aromatic carbocycles. The summed E-state index contributed by atoms with van der Waals surface area (Å²) in [6.45, 7) is 2.01. The van der Waals surface area contributed by atoms with E-state index in [0.717, 1.165) is 22.3 Å². The van der Waals surface area contributed by atoms with Gasteiger partial charge >= 0.3 is 0 Å². The fraction of sp³-hybridized carbons (Fsp3) is 0.269. The van der Waals surface area contributed by atoms with Gasteiger partial charge in [0.25, 0.3) is 0 Å². The molecular weight excluding hydrogens is 384 g/mol. The van der Waals surface area contributed by atoms with Crippen LogP contribution in [0.3, 0.4) is 0 Å². The molecule has 5 heteroatoms. The van der Waals surface area contributed by atoms with Gasteiger partial charge in [0, 0.05) is 19.4 Å². The van der Waals surface area contributed by atoms with Crippen LogP contribution >= 0.6 is 0 Å². The van der Waals surface area contributed by atoms with Gasteiger partial charge in [-0.15, -0.1) is 0 Å². The molecule has 5 nitrogen and oxygen atoms in total. The van der Waals surface area contributed by atoms with Gasteiger partial charge in [0.2, 0.25) is 5.91 Å². The van der Waals surface area contributed by atoms with Crippen LogP contribution in [0.25, 0.3) is 11.1 Å². The van der Waals surface area contributed by atoms with E-state index in [1.807, 2.05) is 43.5 Å². The number of hydrogen-bond donors (Lipinski definition) is 1. The Balaban J connectivity index is 1.62. The fourth-order valence-electron chi connectivity index (χ4n) is 4.55. The van der Waals surface area contributed by atoms with Crippen LogP contribution in [0.2, 0.25) is 0 Å². The largest absolute Gasteiger partial charge is 0.369 e. The Morgan fingerprint density at radius 3 is 2.39 bits per heavy atom. The number of amides is 1. The number of aromatic nitrogens is 1. The Morgan fingerprint density at radius 2 is 1.71 bits per heavy atom. The zero-order valence-electron chi connectivity index (χ0n) is 17.8. The van der Waals surface area contributed by atoms with Crippen molar-refractivity contribution in [1.29, 1.82) is 0 Å². The molecule has 2 N–H and O–H groups in total. The highest BCUT2D eigenvalue weighted by Crippen LogP contribution is 2.46. The van der Waals surface area contributed by atoms with Crippen molar-refractivity contribution in [3.63, 3.8) is 0 Å². The van der Waals surface area contributed by atoms with Crippen LogP contribution < -0.4 is 5.73 Å². The Morgan fingerprint density at radius 1 is 1.00 bits per heavy atom. The average molecular weight is 411 g/mol. The molecule has 0 spiro atoms. The summed E-state index contributed by atoms with van der Waals surface area (Å²) in [6, 6.07) is 20.6. The lowest BCUT2D eigenvalue weighted by Gasteiger charge is -2.41. The number of benzene rings is 2. The second-order valence-corrected chi connectivity index (χ2v) is 8.71. The van der Waals surface area contributed by atoms with Gasteiger partial charge in [-0.3, -0.25) is 14.7 Å². The topological polar surface area (TPSA) is 71.6 Å². The molecule has 1 aliphatic carbocycles. The van der Waals surface area contributed by atoms with Crippen molar-refractivity contribution < 1.29 is 4.79 Å². The van der Waals surface area contributed by atoms with Gasteiger partial charge in [0.15, 0.2) is 5.96 Å². The third-order valence-corrected chi connectivity index (χ3v) is 6.59. The lowest BCUT2D eigenvalue weighted by Crippen LogP contribution is -2.52. The van der Waals surface area contributed by atoms with Crippen LogP contribution in [0.15, 0.2) is 78.0 Å². The monoisotopic (exact) mass is 410 g/mol. The summed E-state index contributed by atoms with van der Waals surface area (Å²) in [5.41, 5.74) is 10.7. The van der Waals surface area contributed by atoms with E-state index in [9.17, 15) is 4.79 Å². The second-order valence-electron chi connectivity index (χ2n) is 8.71. The summed E-state index contributed by atoms with van der Waals surface area (Å²) < 4.78 is 0. The van der Waals surface area contributed by atoms with Crippen molar-refractivity contribution in [2.75, 3.05) is 7.05 Å². The molecule has 31 heavy (non-hydrogen) atoms. The number of likely N-dealkylation sites (N-methyl/N-ethyl adjacent to an activating group) is 1. The van der Waals surface area contributed by atoms with Crippen LogP contribution in [-0.2, 0) is 10.3 Å². The van der Waals surface area contributed by atoms with Gasteiger partial charge in [-0.2, -0.15) is 0 Å². The van der Waals surface area contributed by atoms with Gasteiger partial charge in [-0.25, -0.2) is 4.99 Å². The highest BCUT2D eigenvalue weighted by Gasteiger charge is 2.47. The molecule has 0 saturated heterocycles. The first-order valence-corrected chi connectivity index (χ1v) is 10.7. The maximum Gasteiger partial charge on any atom is 0.239 e. The van der Waals surface area contributed by atoms with Gasteiger partial charge in [0.1, 0.15) is 5.54 Å². The standard InChI is InChI=1S/C26H26N4O/c1-26(22-7-3-5-20(15-22)21-6-4-14-28-16-21)23(24(31)30(2)25(27)29-26)19-12-10-18(11-13-19)17-8-9-17/h3-7,10-17,23H,8-9H2,1-2H3,(H2,27,29)/t23-,26+/m0/s1. The summed E-state index contributed by atoms with van der Waals surface area (Å²) in [6.07, 6.45) is 6.11. The quantitative estimate of drug-likeness (QED) is 0.692. The molecule has 1 aromatic heterocycles. The minimum absolute atomic E-state index is 0.0408. The number of nitrogens with two attached hydrogens (primary N) is 1. The molecule has 156 valence electrons. The minimum atomic E-state index is -0.813. The van der Waals surface area contributed by atoms with E-state index in [1.165, 1.54) is 23.3 Å². The third-order valence-electron chi connectivity index (χ3n) is 6.59. The van der Waals surface area contributed by atoms with E-state index in [1.54, 1.807) is 13.2 Å². The van der Waals surface area contributed by atoms with Crippen molar-refractivity contribution in [3.8, 4) is 11.1 Å². The van der Waals surface area contributed by atoms with Gasteiger partial charge in [-0.05, 0) is 65.6 Å². The summed E-state index contributed by atoms with van der Waals surface area (Å²) in [7, 11) is 1.69. The molecule has 1 fully saturated rings. The number of pyridine rings is 1. The molecule has 0 radical (unpaired) electrons. The molecular formula is C26H26N4O. The Labute approximate surface area is 182 Å². The van der Waals surface area contributed by atoms with E-state index in [2.05, 4.69) is 35.3 Å². The molecule has 0 bridgehead atoms. The number of aliphatic imine (C=N–C) groups is 1. The zero-order valence-corrected chi connectivity index (χ0v) is 17.8. The van der Waals surface area contributed by atoms with Crippen LogP contribution in [-0.4, -0.2) is 28.8 Å². The van der Waals surface area contributed by atoms with E-state index < -0.39 is 11.5 Å². The molecule has 0 unspecified atom stereocenters. The van der Waals surface area contributed by atoms with Gasteiger partial charge in [-0.1, -0.05) is 48.5 Å². The maximum absolute atomic E-state index is 13.5. The highest BCUT2D eigenvalue weighted by atomic mass is 16.2. The lowest BCUT2D eigenvalue weighted by atomic mass is 9.74. The Bertz CT molecular complexity index is 1150. The van der Waals surface area contributed by atoms with Gasteiger partial charge < -0.3 is 5.73 Å². The Kier molecular flexibility index (Phi) is 4.62. The number of carbonyl (C=O) groups excluding carboxylic acids is 1. The molecule has 2 atom stereocenters. The van der Waals surface area contributed by atoms with Crippen molar-refractivity contribution in [2.24, 2.45) is 10.7 Å². The highest BCUT2D eigenvalue weighted by molar-refractivity contribution is 6.02. The van der Waals surface area contributed by atoms with E-state index in [0.29, 0.717) is 5.92 Å². The van der Waals surface area contributed by atoms with Crippen molar-refractivity contribution in [2.45, 2.75) is 37.1 Å². The molecule has 5 rings (SSSR count). The number of guanidine groups is 1. The first kappa shape index (κ1) is 19.5. The number of carbonyl (C=O) groups is 1. The lowest BCUT2D eigenvalue weighted by molar-refractivity contribution is -0.130. The predicted molar refractivity (Wildman–Crippen MR) is 123 cm³/mol. The average Bonchev–Trinajstić information content (AvgIpc) is 3.64. The summed E-state index contributed by atoms with van der Waals surface area (Å²) in [5, 5.41) is 0. The summed E-state index contributed by atoms with van der Waals surface area (Å²) >= 11 is 0. The number of nitrogens with zero attached hydrogens (tertiary/aromatic N) is 3. The molecule has 1 aliphatic heterocycles. The normalized spacial score (nSPS) is 23.5. The van der Waals surface area contributed by atoms with Crippen LogP contribution in [0.4, 0.5) is 0 Å². The van der Waals surface area contributed by atoms with E-state index >= 15 is 0 Å². The van der Waals surface area contributed by atoms with Crippen molar-refractivity contribution in [3.05, 3.63) is 89.7 Å². The zero-order chi connectivity index (χ0) is 21.6. The molecule has 3 aromatic rings. The first-order valence-electron chi connectivity index (χ1n) is 10.7. The van der Waals surface area contributed by atoms with Gasteiger partial charge in [0.05, 0.1) is 5.92 Å². The summed E-state index contributed by atoms with van der Waals surface area (Å²) in [4.78, 5) is 24.0. The van der Waals surface area contributed by atoms with E-state index in [4.69, 9.17) is 10.7 Å². The number of rotatable bonds is 4. The second kappa shape index (κ2) is 7.34. The Hall–Kier alpha value is -3.47. The van der Waals surface area contributed by atoms with E-state index in [-0.39, 0.29) is 11.9 Å². The maximum atomic E-state index is 13.5. The summed E-state index contributed by atoms with van der Waals surface area (Å²) in [5.74, 6) is 0.420. The molecule has 2 heterocycles. The SMILES string of the molecule is CN1C(=O)[C@H](c2ccc(C3CC3)cc2)[C@@](C)(c2cccc(-c3cccnc3)c2)N=C1N. The smallest absolute Gasteiger partial charge is 0.239 e. The van der Waals surface area contributed by atoms with Crippen molar-refractivity contribution in [1.82, 2.24) is 9.88 Å². The fourth-order valence-corrected chi connectivity index (χ4v) is 4.55. The molecule has 1 saturated carbocycles. The predicted octanol–water partition coefficient (Wildman–Crippen LogP) is 4.41.